The largest absolute Gasteiger partial charge is 1.00 e. The topological polar surface area (TPSA) is 185 Å². The number of para-hydroxylation sites is 2. The molecule has 0 atom stereocenters. The number of carbonyl (C=O) groups is 2. The SMILES string of the molecule is COc1ccccc1C(=O)Nc1ccc(/C=C/c2ccc(NC(=O)c3ccccc3OC)cc2S(=O)(=O)O)c(S(=O)(=O)O)c1.[Na+]. The first-order chi connectivity index (χ1) is 20.8. The zero-order valence-corrected chi connectivity index (χ0v) is 27.8. The summed E-state index contributed by atoms with van der Waals surface area (Å²) in [5, 5.41) is 5.09. The molecule has 0 fully saturated rings. The van der Waals surface area contributed by atoms with Gasteiger partial charge in [0, 0.05) is 11.4 Å². The summed E-state index contributed by atoms with van der Waals surface area (Å²) in [7, 11) is -6.85. The molecule has 4 aromatic rings. The van der Waals surface area contributed by atoms with Gasteiger partial charge in [0.1, 0.15) is 21.3 Å². The summed E-state index contributed by atoms with van der Waals surface area (Å²) in [6.45, 7) is 0. The molecule has 0 aromatic heterocycles. The van der Waals surface area contributed by atoms with Crippen LogP contribution in [0.4, 0.5) is 11.4 Å². The maximum absolute atomic E-state index is 12.8. The van der Waals surface area contributed by atoms with Crippen LogP contribution in [-0.4, -0.2) is 52.0 Å². The van der Waals surface area contributed by atoms with Gasteiger partial charge in [0.05, 0.1) is 25.3 Å². The first-order valence-corrected chi connectivity index (χ1v) is 15.5. The number of hydrogen-bond donors (Lipinski definition) is 4. The van der Waals surface area contributed by atoms with Gasteiger partial charge in [-0.3, -0.25) is 18.7 Å². The van der Waals surface area contributed by atoms with E-state index in [9.17, 15) is 35.5 Å². The van der Waals surface area contributed by atoms with Gasteiger partial charge in [0.25, 0.3) is 32.1 Å². The molecule has 4 rings (SSSR count). The van der Waals surface area contributed by atoms with E-state index >= 15 is 0 Å². The number of rotatable bonds is 10. The fourth-order valence-corrected chi connectivity index (χ4v) is 5.61. The Kier molecular flexibility index (Phi) is 11.7. The average molecular weight is 662 g/mol. The zero-order chi connectivity index (χ0) is 32.1. The van der Waals surface area contributed by atoms with E-state index in [1.165, 1.54) is 62.8 Å². The predicted octanol–water partition coefficient (Wildman–Crippen LogP) is 1.88. The Morgan fingerprint density at radius 2 is 0.978 bits per heavy atom. The molecule has 2 amide bonds. The summed E-state index contributed by atoms with van der Waals surface area (Å²) in [5.41, 5.74) is 0.342. The molecule has 0 heterocycles. The van der Waals surface area contributed by atoms with Crippen LogP contribution in [0.15, 0.2) is 94.7 Å². The van der Waals surface area contributed by atoms with Crippen LogP contribution in [-0.2, 0) is 20.2 Å². The maximum Gasteiger partial charge on any atom is 1.00 e. The van der Waals surface area contributed by atoms with Crippen molar-refractivity contribution >= 4 is 55.6 Å². The van der Waals surface area contributed by atoms with Gasteiger partial charge in [-0.1, -0.05) is 48.6 Å². The molecule has 0 bridgehead atoms. The molecular weight excluding hydrogens is 635 g/mol. The van der Waals surface area contributed by atoms with Crippen molar-refractivity contribution in [2.24, 2.45) is 0 Å². The Morgan fingerprint density at radius 1 is 0.622 bits per heavy atom. The van der Waals surface area contributed by atoms with Crippen LogP contribution in [0.25, 0.3) is 12.2 Å². The summed E-state index contributed by atoms with van der Waals surface area (Å²) in [5.74, 6) is -0.607. The van der Waals surface area contributed by atoms with Crippen molar-refractivity contribution < 1.29 is 74.6 Å². The Morgan fingerprint density at radius 3 is 1.31 bits per heavy atom. The van der Waals surface area contributed by atoms with Crippen LogP contribution in [0.2, 0.25) is 0 Å². The van der Waals surface area contributed by atoms with E-state index in [-0.39, 0.29) is 63.2 Å². The van der Waals surface area contributed by atoms with Gasteiger partial charge >= 0.3 is 29.6 Å². The molecule has 4 aromatic carbocycles. The maximum atomic E-state index is 12.8. The van der Waals surface area contributed by atoms with E-state index < -0.39 is 41.8 Å². The smallest absolute Gasteiger partial charge is 0.496 e. The minimum atomic E-state index is -4.82. The quantitative estimate of drug-likeness (QED) is 0.111. The minimum Gasteiger partial charge on any atom is -0.496 e. The average Bonchev–Trinajstić information content (AvgIpc) is 2.99. The van der Waals surface area contributed by atoms with Crippen molar-refractivity contribution in [3.63, 3.8) is 0 Å². The molecule has 0 radical (unpaired) electrons. The summed E-state index contributed by atoms with van der Waals surface area (Å²) in [6.07, 6.45) is 2.40. The second-order valence-electron chi connectivity index (χ2n) is 9.10. The van der Waals surface area contributed by atoms with Gasteiger partial charge in [0.2, 0.25) is 0 Å². The molecule has 0 aliphatic carbocycles. The van der Waals surface area contributed by atoms with E-state index in [4.69, 9.17) is 9.47 Å². The first kappa shape index (κ1) is 35.5. The van der Waals surface area contributed by atoms with E-state index in [0.717, 1.165) is 12.1 Å². The molecule has 4 N–H and O–H groups in total. The van der Waals surface area contributed by atoms with Crippen LogP contribution in [0.1, 0.15) is 31.8 Å². The predicted molar refractivity (Wildman–Crippen MR) is 163 cm³/mol. The third kappa shape index (κ3) is 8.79. The summed E-state index contributed by atoms with van der Waals surface area (Å²) in [6, 6.07) is 20.1. The van der Waals surface area contributed by atoms with Crippen LogP contribution >= 0.6 is 0 Å². The van der Waals surface area contributed by atoms with Gasteiger partial charge in [0.15, 0.2) is 0 Å². The molecule has 0 saturated heterocycles. The number of ether oxygens (including phenoxy) is 2. The number of methoxy groups -OCH3 is 2. The normalized spacial score (nSPS) is 11.4. The fraction of sp³-hybridized carbons (Fsp3) is 0.0667. The Bertz CT molecular complexity index is 1850. The molecule has 228 valence electrons. The number of anilines is 2. The van der Waals surface area contributed by atoms with Crippen molar-refractivity contribution in [2.45, 2.75) is 9.79 Å². The van der Waals surface area contributed by atoms with E-state index in [1.54, 1.807) is 36.4 Å². The van der Waals surface area contributed by atoms with Gasteiger partial charge in [-0.05, 0) is 59.7 Å². The number of benzene rings is 4. The first-order valence-electron chi connectivity index (χ1n) is 12.6. The van der Waals surface area contributed by atoms with Gasteiger partial charge < -0.3 is 20.1 Å². The second-order valence-corrected chi connectivity index (χ2v) is 11.9. The second kappa shape index (κ2) is 14.8. The number of nitrogens with one attached hydrogen (secondary N) is 2. The van der Waals surface area contributed by atoms with E-state index in [1.807, 2.05) is 0 Å². The van der Waals surface area contributed by atoms with Gasteiger partial charge in [-0.15, -0.1) is 0 Å². The third-order valence-corrected chi connectivity index (χ3v) is 8.06. The Labute approximate surface area is 281 Å². The standard InChI is InChI=1S/C30H26N2O10S2.Na/c1-41-25-9-5-3-7-23(25)29(33)31-21-15-13-19(27(17-21)43(35,36)37)11-12-20-14-16-22(18-28(20)44(38,39)40)32-30(34)24-8-4-6-10-26(24)42-2;/h3-18H,1-2H3,(H,31,33)(H,32,34)(H,35,36,37)(H,38,39,40);/q;+1/b12-11+;. The number of amides is 2. The molecule has 0 aliphatic heterocycles. The summed E-state index contributed by atoms with van der Waals surface area (Å²) < 4.78 is 79.0. The van der Waals surface area contributed by atoms with E-state index in [2.05, 4.69) is 10.6 Å². The number of carbonyl (C=O) groups excluding carboxylic acids is 2. The van der Waals surface area contributed by atoms with Crippen molar-refractivity contribution in [3.8, 4) is 11.5 Å². The molecule has 0 saturated carbocycles. The molecule has 0 unspecified atom stereocenters. The molecule has 12 nitrogen and oxygen atoms in total. The number of hydrogen-bond acceptors (Lipinski definition) is 8. The zero-order valence-electron chi connectivity index (χ0n) is 24.2. The van der Waals surface area contributed by atoms with Crippen molar-refractivity contribution in [3.05, 3.63) is 107 Å². The van der Waals surface area contributed by atoms with Crippen molar-refractivity contribution in [1.29, 1.82) is 0 Å². The fourth-order valence-electron chi connectivity index (χ4n) is 4.19. The molecule has 0 aliphatic rings. The molecule has 0 spiro atoms. The van der Waals surface area contributed by atoms with Gasteiger partial charge in [-0.2, -0.15) is 16.8 Å². The van der Waals surface area contributed by atoms with Crippen LogP contribution < -0.4 is 49.7 Å². The minimum absolute atomic E-state index is 0. The van der Waals surface area contributed by atoms with E-state index in [0.29, 0.717) is 11.5 Å². The van der Waals surface area contributed by atoms with Crippen LogP contribution in [0, 0.1) is 0 Å². The molecule has 45 heavy (non-hydrogen) atoms. The Balaban J connectivity index is 0.00000552. The summed E-state index contributed by atoms with van der Waals surface area (Å²) in [4.78, 5) is 24.4. The molecular formula is C30H26N2NaO10S2+. The van der Waals surface area contributed by atoms with Crippen molar-refractivity contribution in [2.75, 3.05) is 24.9 Å². The third-order valence-electron chi connectivity index (χ3n) is 6.24. The van der Waals surface area contributed by atoms with Crippen molar-refractivity contribution in [1.82, 2.24) is 0 Å². The monoisotopic (exact) mass is 661 g/mol. The van der Waals surface area contributed by atoms with Crippen LogP contribution in [0.5, 0.6) is 11.5 Å². The van der Waals surface area contributed by atoms with Gasteiger partial charge in [-0.25, -0.2) is 0 Å². The Hall–Kier alpha value is -4.02. The van der Waals surface area contributed by atoms with Crippen LogP contribution in [0.3, 0.4) is 0 Å². The summed E-state index contributed by atoms with van der Waals surface area (Å²) >= 11 is 0. The molecule has 15 heteroatoms.